The molecule has 0 saturated carbocycles. The van der Waals surface area contributed by atoms with Crippen LogP contribution in [-0.2, 0) is 0 Å². The van der Waals surface area contributed by atoms with Gasteiger partial charge in [-0.15, -0.1) is 0 Å². The normalized spacial score (nSPS) is 13.2. The van der Waals surface area contributed by atoms with E-state index in [1.807, 2.05) is 0 Å². The summed E-state index contributed by atoms with van der Waals surface area (Å²) in [6.45, 7) is 4.23. The average molecular weight is 293 g/mol. The lowest BCUT2D eigenvalue weighted by atomic mass is 9.98. The Morgan fingerprint density at radius 2 is 2.07 bits per heavy atom. The summed E-state index contributed by atoms with van der Waals surface area (Å²) in [6.07, 6.45) is 0.872. The highest BCUT2D eigenvalue weighted by atomic mass is 79.9. The van der Waals surface area contributed by atoms with Gasteiger partial charge in [0, 0.05) is 11.1 Å². The molecule has 1 atom stereocenters. The minimum absolute atomic E-state index is 0.0885. The lowest BCUT2D eigenvalue weighted by Crippen LogP contribution is -2.13. The fraction of sp³-hybridized carbons (Fsp3) is 0.455. The van der Waals surface area contributed by atoms with Gasteiger partial charge in [-0.05, 0) is 46.0 Å². The third-order valence-electron chi connectivity index (χ3n) is 2.19. The number of phenols is 1. The Hall–Kier alpha value is -0.250. The second-order valence-electron chi connectivity index (χ2n) is 4.06. The van der Waals surface area contributed by atoms with Gasteiger partial charge in [0.1, 0.15) is 5.75 Å². The van der Waals surface area contributed by atoms with Crippen LogP contribution in [0.5, 0.6) is 5.75 Å². The second kappa shape index (κ2) is 5.19. The molecular formula is C11H15BrClNO. The number of benzene rings is 1. The van der Waals surface area contributed by atoms with Gasteiger partial charge >= 0.3 is 0 Å². The molecule has 0 heterocycles. The Balaban J connectivity index is 2.98. The van der Waals surface area contributed by atoms with Crippen molar-refractivity contribution in [3.63, 3.8) is 0 Å². The van der Waals surface area contributed by atoms with Crippen molar-refractivity contribution >= 4 is 27.5 Å². The molecule has 0 spiro atoms. The van der Waals surface area contributed by atoms with Crippen LogP contribution in [0.4, 0.5) is 0 Å². The van der Waals surface area contributed by atoms with Crippen LogP contribution in [0.15, 0.2) is 16.6 Å². The van der Waals surface area contributed by atoms with Gasteiger partial charge in [0.2, 0.25) is 0 Å². The van der Waals surface area contributed by atoms with Gasteiger partial charge in [-0.2, -0.15) is 0 Å². The maximum atomic E-state index is 9.42. The van der Waals surface area contributed by atoms with E-state index in [1.165, 1.54) is 6.07 Å². The van der Waals surface area contributed by atoms with Crippen molar-refractivity contribution in [3.8, 4) is 5.75 Å². The Morgan fingerprint density at radius 1 is 1.47 bits per heavy atom. The molecule has 0 saturated heterocycles. The minimum Gasteiger partial charge on any atom is -0.507 e. The molecule has 0 aliphatic carbocycles. The van der Waals surface area contributed by atoms with E-state index >= 15 is 0 Å². The average Bonchev–Trinajstić information content (AvgIpc) is 2.09. The zero-order valence-electron chi connectivity index (χ0n) is 8.80. The Morgan fingerprint density at radius 3 is 2.60 bits per heavy atom. The van der Waals surface area contributed by atoms with Crippen molar-refractivity contribution in [1.82, 2.24) is 0 Å². The largest absolute Gasteiger partial charge is 0.507 e. The number of hydrogen-bond acceptors (Lipinski definition) is 2. The quantitative estimate of drug-likeness (QED) is 0.889. The van der Waals surface area contributed by atoms with E-state index in [1.54, 1.807) is 6.07 Å². The summed E-state index contributed by atoms with van der Waals surface area (Å²) in [5.74, 6) is 0.657. The smallest absolute Gasteiger partial charge is 0.131 e. The highest BCUT2D eigenvalue weighted by Gasteiger charge is 2.14. The SMILES string of the molecule is CC(C)CC(N)c1cc(Br)c(O)cc1Cl. The van der Waals surface area contributed by atoms with Crippen LogP contribution >= 0.6 is 27.5 Å². The van der Waals surface area contributed by atoms with Gasteiger partial charge < -0.3 is 10.8 Å². The lowest BCUT2D eigenvalue weighted by Gasteiger charge is -2.16. The monoisotopic (exact) mass is 291 g/mol. The Labute approximate surface area is 104 Å². The van der Waals surface area contributed by atoms with Gasteiger partial charge in [0.05, 0.1) is 4.47 Å². The van der Waals surface area contributed by atoms with Crippen molar-refractivity contribution in [2.45, 2.75) is 26.3 Å². The van der Waals surface area contributed by atoms with E-state index < -0.39 is 0 Å². The second-order valence-corrected chi connectivity index (χ2v) is 5.32. The van der Waals surface area contributed by atoms with Crippen molar-refractivity contribution in [2.75, 3.05) is 0 Å². The number of rotatable bonds is 3. The first-order valence-electron chi connectivity index (χ1n) is 4.85. The number of halogens is 2. The van der Waals surface area contributed by atoms with Crippen molar-refractivity contribution in [2.24, 2.45) is 11.7 Å². The number of nitrogens with two attached hydrogens (primary N) is 1. The van der Waals surface area contributed by atoms with Crippen LogP contribution in [0.3, 0.4) is 0 Å². The van der Waals surface area contributed by atoms with E-state index in [0.717, 1.165) is 12.0 Å². The first kappa shape index (κ1) is 12.8. The molecule has 2 nitrogen and oxygen atoms in total. The zero-order valence-corrected chi connectivity index (χ0v) is 11.1. The Bertz CT molecular complexity index is 355. The molecule has 0 aromatic heterocycles. The van der Waals surface area contributed by atoms with Crippen molar-refractivity contribution in [3.05, 3.63) is 27.2 Å². The molecule has 15 heavy (non-hydrogen) atoms. The zero-order chi connectivity index (χ0) is 11.6. The predicted octanol–water partition coefficient (Wildman–Crippen LogP) is 3.85. The molecule has 1 aromatic carbocycles. The number of aromatic hydroxyl groups is 1. The molecule has 0 aliphatic rings. The molecule has 4 heteroatoms. The molecule has 0 aliphatic heterocycles. The van der Waals surface area contributed by atoms with Crippen LogP contribution in [0.1, 0.15) is 31.9 Å². The fourth-order valence-corrected chi connectivity index (χ4v) is 2.13. The van der Waals surface area contributed by atoms with Crippen LogP contribution in [-0.4, -0.2) is 5.11 Å². The van der Waals surface area contributed by atoms with E-state index in [2.05, 4.69) is 29.8 Å². The summed E-state index contributed by atoms with van der Waals surface area (Å²) in [5, 5.41) is 9.93. The molecular weight excluding hydrogens is 277 g/mol. The molecule has 0 radical (unpaired) electrons. The maximum absolute atomic E-state index is 9.42. The molecule has 0 amide bonds. The summed E-state index contributed by atoms with van der Waals surface area (Å²) in [5.41, 5.74) is 6.90. The van der Waals surface area contributed by atoms with Gasteiger partial charge in [-0.25, -0.2) is 0 Å². The summed E-state index contributed by atoms with van der Waals surface area (Å²) >= 11 is 9.27. The standard InChI is InChI=1S/C11H15BrClNO/c1-6(2)3-10(14)7-4-8(12)11(15)5-9(7)13/h4-6,10,15H,3,14H2,1-2H3. The molecule has 0 bridgehead atoms. The molecule has 84 valence electrons. The third-order valence-corrected chi connectivity index (χ3v) is 3.15. The highest BCUT2D eigenvalue weighted by molar-refractivity contribution is 9.10. The van der Waals surface area contributed by atoms with Crippen LogP contribution in [0.25, 0.3) is 0 Å². The van der Waals surface area contributed by atoms with Crippen LogP contribution in [0.2, 0.25) is 5.02 Å². The van der Waals surface area contributed by atoms with E-state index in [0.29, 0.717) is 15.4 Å². The van der Waals surface area contributed by atoms with E-state index in [4.69, 9.17) is 17.3 Å². The summed E-state index contributed by atoms with van der Waals surface area (Å²) in [4.78, 5) is 0. The molecule has 0 fully saturated rings. The summed E-state index contributed by atoms with van der Waals surface area (Å²) in [6, 6.07) is 3.21. The minimum atomic E-state index is -0.0885. The van der Waals surface area contributed by atoms with Gasteiger partial charge in [0.25, 0.3) is 0 Å². The van der Waals surface area contributed by atoms with Crippen molar-refractivity contribution in [1.29, 1.82) is 0 Å². The van der Waals surface area contributed by atoms with Crippen LogP contribution < -0.4 is 5.73 Å². The fourth-order valence-electron chi connectivity index (χ4n) is 1.47. The topological polar surface area (TPSA) is 46.2 Å². The maximum Gasteiger partial charge on any atom is 0.131 e. The molecule has 1 rings (SSSR count). The van der Waals surface area contributed by atoms with Gasteiger partial charge in [0.15, 0.2) is 0 Å². The molecule has 3 N–H and O–H groups in total. The lowest BCUT2D eigenvalue weighted by molar-refractivity contribution is 0.470. The van der Waals surface area contributed by atoms with Gasteiger partial charge in [-0.3, -0.25) is 0 Å². The predicted molar refractivity (Wildman–Crippen MR) is 67.2 cm³/mol. The number of hydrogen-bond donors (Lipinski definition) is 2. The molecule has 1 aromatic rings. The summed E-state index contributed by atoms with van der Waals surface area (Å²) in [7, 11) is 0. The molecule has 1 unspecified atom stereocenters. The van der Waals surface area contributed by atoms with Crippen molar-refractivity contribution < 1.29 is 5.11 Å². The third kappa shape index (κ3) is 3.37. The first-order chi connectivity index (χ1) is 6.91. The first-order valence-corrected chi connectivity index (χ1v) is 6.02. The van der Waals surface area contributed by atoms with Gasteiger partial charge in [-0.1, -0.05) is 25.4 Å². The Kier molecular flexibility index (Phi) is 4.44. The van der Waals surface area contributed by atoms with E-state index in [9.17, 15) is 5.11 Å². The summed E-state index contributed by atoms with van der Waals surface area (Å²) < 4.78 is 0.626. The van der Waals surface area contributed by atoms with Crippen LogP contribution in [0, 0.1) is 5.92 Å². The number of phenolic OH excluding ortho intramolecular Hbond substituents is 1. The van der Waals surface area contributed by atoms with E-state index in [-0.39, 0.29) is 11.8 Å². The highest BCUT2D eigenvalue weighted by Crippen LogP contribution is 2.34.